The Labute approximate surface area is 135 Å². The van der Waals surface area contributed by atoms with Gasteiger partial charge in [0.2, 0.25) is 9.04 Å². The zero-order chi connectivity index (χ0) is 15.2. The monoisotopic (exact) mass is 320 g/mol. The van der Waals surface area contributed by atoms with E-state index >= 15 is 0 Å². The number of hydrogen-bond donors (Lipinski definition) is 0. The Morgan fingerprint density at radius 1 is 0.545 bits per heavy atom. The zero-order valence-electron chi connectivity index (χ0n) is 12.7. The fourth-order valence-corrected chi connectivity index (χ4v) is 8.42. The van der Waals surface area contributed by atoms with Crippen LogP contribution in [0.3, 0.4) is 0 Å². The minimum Gasteiger partial charge on any atom is -0.450 e. The van der Waals surface area contributed by atoms with Gasteiger partial charge in [-0.05, 0) is 22.1 Å². The lowest BCUT2D eigenvalue weighted by molar-refractivity contribution is 0.627. The summed E-state index contributed by atoms with van der Waals surface area (Å²) in [6, 6.07) is 32.0. The van der Waals surface area contributed by atoms with Crippen molar-refractivity contribution in [1.29, 1.82) is 0 Å². The molecule has 1 atom stereocenters. The third kappa shape index (κ3) is 3.63. The van der Waals surface area contributed by atoms with Gasteiger partial charge in [-0.25, -0.2) is 0 Å². The van der Waals surface area contributed by atoms with Crippen LogP contribution in [-0.2, 0) is 4.12 Å². The summed E-state index contributed by atoms with van der Waals surface area (Å²) in [5, 5.41) is 4.07. The van der Waals surface area contributed by atoms with E-state index in [-0.39, 0.29) is 0 Å². The topological polar surface area (TPSA) is 9.23 Å². The number of rotatable bonds is 5. The maximum absolute atomic E-state index is 6.69. The average molecular weight is 321 g/mol. The molecule has 22 heavy (non-hydrogen) atoms. The lowest BCUT2D eigenvalue weighted by Crippen LogP contribution is -2.50. The van der Waals surface area contributed by atoms with Crippen LogP contribution < -0.4 is 15.6 Å². The fraction of sp³-hybridized carbons (Fsp3) is 0.0526. The van der Waals surface area contributed by atoms with Crippen molar-refractivity contribution in [3.05, 3.63) is 91.0 Å². The molecule has 0 fully saturated rings. The van der Waals surface area contributed by atoms with Crippen LogP contribution >= 0.6 is 0 Å². The quantitative estimate of drug-likeness (QED) is 0.652. The molecule has 110 valence electrons. The van der Waals surface area contributed by atoms with E-state index in [9.17, 15) is 0 Å². The first kappa shape index (κ1) is 15.0. The zero-order valence-corrected chi connectivity index (χ0v) is 15.0. The van der Waals surface area contributed by atoms with Crippen LogP contribution in [0.5, 0.6) is 0 Å². The van der Waals surface area contributed by atoms with Crippen LogP contribution in [0.15, 0.2) is 91.0 Å². The molecular weight excluding hydrogens is 300 g/mol. The van der Waals surface area contributed by atoms with Gasteiger partial charge in [-0.2, -0.15) is 0 Å². The first-order valence-corrected chi connectivity index (χ1v) is 11.5. The molecule has 0 heterocycles. The summed E-state index contributed by atoms with van der Waals surface area (Å²) in [7, 11) is -3.01. The molecule has 0 aliphatic heterocycles. The Hall–Kier alpha value is -1.95. The molecule has 0 saturated carbocycles. The van der Waals surface area contributed by atoms with E-state index in [0.29, 0.717) is 0 Å². The second-order valence-corrected chi connectivity index (χ2v) is 10.5. The minimum absolute atomic E-state index is 1.35. The van der Waals surface area contributed by atoms with Gasteiger partial charge < -0.3 is 4.12 Å². The molecule has 0 amide bonds. The van der Waals surface area contributed by atoms with Crippen LogP contribution in [0.1, 0.15) is 0 Å². The van der Waals surface area contributed by atoms with Crippen molar-refractivity contribution in [2.45, 2.75) is 6.55 Å². The van der Waals surface area contributed by atoms with Crippen LogP contribution in [0.4, 0.5) is 0 Å². The molecule has 3 heteroatoms. The van der Waals surface area contributed by atoms with Gasteiger partial charge in [-0.3, -0.25) is 0 Å². The normalized spacial score (nSPS) is 12.3. The van der Waals surface area contributed by atoms with Crippen molar-refractivity contribution in [1.82, 2.24) is 0 Å². The Kier molecular flexibility index (Phi) is 5.01. The largest absolute Gasteiger partial charge is 0.450 e. The van der Waals surface area contributed by atoms with Crippen LogP contribution in [-0.4, -0.2) is 18.1 Å². The molecule has 1 unspecified atom stereocenters. The molecule has 0 radical (unpaired) electrons. The van der Waals surface area contributed by atoms with Crippen molar-refractivity contribution in [3.63, 3.8) is 0 Å². The SMILES string of the molecule is C[SiH](O[SiH](c1ccccc1)c1ccccc1)c1ccccc1. The lowest BCUT2D eigenvalue weighted by Gasteiger charge is -2.22. The Balaban J connectivity index is 1.90. The summed E-state index contributed by atoms with van der Waals surface area (Å²) < 4.78 is 6.69. The van der Waals surface area contributed by atoms with E-state index in [1.807, 2.05) is 0 Å². The van der Waals surface area contributed by atoms with E-state index in [2.05, 4.69) is 97.5 Å². The van der Waals surface area contributed by atoms with Crippen molar-refractivity contribution in [3.8, 4) is 0 Å². The summed E-state index contributed by atoms with van der Waals surface area (Å²) in [5.41, 5.74) is 0. The molecule has 0 aliphatic rings. The number of hydrogen-bond acceptors (Lipinski definition) is 1. The standard InChI is InChI=1S/C19H20OSi2/c1-21(17-11-5-2-6-12-17)20-22(18-13-7-3-8-14-18)19-15-9-4-10-16-19/h2-16,21-22H,1H3. The van der Waals surface area contributed by atoms with E-state index in [1.54, 1.807) is 0 Å². The fourth-order valence-electron chi connectivity index (χ4n) is 2.61. The van der Waals surface area contributed by atoms with E-state index in [0.717, 1.165) is 0 Å². The molecule has 3 aromatic carbocycles. The highest BCUT2D eigenvalue weighted by Crippen LogP contribution is 1.98. The molecule has 0 bridgehead atoms. The smallest absolute Gasteiger partial charge is 0.228 e. The van der Waals surface area contributed by atoms with Gasteiger partial charge in [0.1, 0.15) is 0 Å². The Bertz CT molecular complexity index is 647. The predicted molar refractivity (Wildman–Crippen MR) is 99.5 cm³/mol. The Morgan fingerprint density at radius 2 is 0.909 bits per heavy atom. The molecule has 0 N–H and O–H groups in total. The van der Waals surface area contributed by atoms with Crippen LogP contribution in [0.25, 0.3) is 0 Å². The molecule has 0 aromatic heterocycles. The molecule has 1 nitrogen and oxygen atoms in total. The van der Waals surface area contributed by atoms with Gasteiger partial charge in [0.15, 0.2) is 9.04 Å². The van der Waals surface area contributed by atoms with Crippen molar-refractivity contribution in [2.75, 3.05) is 0 Å². The first-order chi connectivity index (χ1) is 10.8. The second kappa shape index (κ2) is 7.36. The highest BCUT2D eigenvalue weighted by Gasteiger charge is 2.21. The molecular formula is C19H20OSi2. The van der Waals surface area contributed by atoms with Crippen molar-refractivity contribution >= 4 is 33.6 Å². The summed E-state index contributed by atoms with van der Waals surface area (Å²) >= 11 is 0. The summed E-state index contributed by atoms with van der Waals surface area (Å²) in [6.45, 7) is 2.28. The Morgan fingerprint density at radius 3 is 1.32 bits per heavy atom. The third-order valence-corrected chi connectivity index (χ3v) is 9.84. The molecule has 0 saturated heterocycles. The van der Waals surface area contributed by atoms with Crippen molar-refractivity contribution < 1.29 is 4.12 Å². The molecule has 0 spiro atoms. The lowest BCUT2D eigenvalue weighted by atomic mass is 10.4. The van der Waals surface area contributed by atoms with Gasteiger partial charge in [0.05, 0.1) is 0 Å². The van der Waals surface area contributed by atoms with Gasteiger partial charge >= 0.3 is 0 Å². The van der Waals surface area contributed by atoms with Gasteiger partial charge in [0, 0.05) is 0 Å². The maximum atomic E-state index is 6.69. The van der Waals surface area contributed by atoms with Gasteiger partial charge in [0.25, 0.3) is 0 Å². The van der Waals surface area contributed by atoms with E-state index < -0.39 is 18.1 Å². The van der Waals surface area contributed by atoms with Crippen LogP contribution in [0, 0.1) is 0 Å². The van der Waals surface area contributed by atoms with Gasteiger partial charge in [-0.1, -0.05) is 91.0 Å². The summed E-state index contributed by atoms with van der Waals surface area (Å²) in [5.74, 6) is 0. The third-order valence-electron chi connectivity index (χ3n) is 3.81. The average Bonchev–Trinajstić information content (AvgIpc) is 2.62. The second-order valence-electron chi connectivity index (χ2n) is 5.39. The highest BCUT2D eigenvalue weighted by molar-refractivity contribution is 6.87. The van der Waals surface area contributed by atoms with Crippen LogP contribution in [0.2, 0.25) is 6.55 Å². The molecule has 0 aliphatic carbocycles. The van der Waals surface area contributed by atoms with Gasteiger partial charge in [-0.15, -0.1) is 0 Å². The van der Waals surface area contributed by atoms with E-state index in [1.165, 1.54) is 15.6 Å². The molecule has 3 aromatic rings. The summed E-state index contributed by atoms with van der Waals surface area (Å²) in [4.78, 5) is 0. The molecule has 3 rings (SSSR count). The van der Waals surface area contributed by atoms with Crippen molar-refractivity contribution in [2.24, 2.45) is 0 Å². The van der Waals surface area contributed by atoms with E-state index in [4.69, 9.17) is 4.12 Å². The first-order valence-electron chi connectivity index (χ1n) is 7.65. The predicted octanol–water partition coefficient (Wildman–Crippen LogP) is 1.80. The minimum atomic E-state index is -1.62. The summed E-state index contributed by atoms with van der Waals surface area (Å²) in [6.07, 6.45) is 0. The number of benzene rings is 3. The maximum Gasteiger partial charge on any atom is 0.228 e. The highest BCUT2D eigenvalue weighted by atomic mass is 28.4.